The standard InChI is InChI=1S/C19H20N2O4/c1-2-12-20-17(22)13-25-19(24)15-10-6-7-11-16(15)21-18(23)14-8-4-3-5-9-14/h3-11H,2,12-13H2,1H3,(H,20,22)(H,21,23). The van der Waals surface area contributed by atoms with Gasteiger partial charge in [0.05, 0.1) is 11.3 Å². The molecule has 0 unspecified atom stereocenters. The van der Waals surface area contributed by atoms with Crippen molar-refractivity contribution >= 4 is 23.5 Å². The zero-order valence-electron chi connectivity index (χ0n) is 14.0. The van der Waals surface area contributed by atoms with E-state index in [1.165, 1.54) is 6.07 Å². The van der Waals surface area contributed by atoms with E-state index >= 15 is 0 Å². The fourth-order valence-electron chi connectivity index (χ4n) is 2.08. The molecule has 2 amide bonds. The Morgan fingerprint density at radius 2 is 1.64 bits per heavy atom. The molecule has 0 spiro atoms. The van der Waals surface area contributed by atoms with Gasteiger partial charge in [-0.1, -0.05) is 37.3 Å². The fourth-order valence-corrected chi connectivity index (χ4v) is 2.08. The van der Waals surface area contributed by atoms with E-state index in [0.29, 0.717) is 17.8 Å². The van der Waals surface area contributed by atoms with E-state index in [4.69, 9.17) is 4.74 Å². The van der Waals surface area contributed by atoms with Crippen molar-refractivity contribution in [1.29, 1.82) is 0 Å². The third kappa shape index (κ3) is 5.46. The summed E-state index contributed by atoms with van der Waals surface area (Å²) in [5.74, 6) is -1.36. The smallest absolute Gasteiger partial charge is 0.340 e. The minimum atomic E-state index is -0.671. The highest BCUT2D eigenvalue weighted by molar-refractivity contribution is 6.08. The molecule has 2 rings (SSSR count). The van der Waals surface area contributed by atoms with Crippen molar-refractivity contribution in [3.05, 3.63) is 65.7 Å². The number of carbonyl (C=O) groups is 3. The largest absolute Gasteiger partial charge is 0.452 e. The van der Waals surface area contributed by atoms with Crippen LogP contribution in [0, 0.1) is 0 Å². The van der Waals surface area contributed by atoms with Crippen LogP contribution in [0.1, 0.15) is 34.1 Å². The number of esters is 1. The van der Waals surface area contributed by atoms with Crippen LogP contribution in [0.4, 0.5) is 5.69 Å². The number of rotatable bonds is 7. The number of ether oxygens (including phenoxy) is 1. The molecular weight excluding hydrogens is 320 g/mol. The Labute approximate surface area is 146 Å². The van der Waals surface area contributed by atoms with Crippen LogP contribution in [0.25, 0.3) is 0 Å². The number of benzene rings is 2. The van der Waals surface area contributed by atoms with Crippen LogP contribution in [0.5, 0.6) is 0 Å². The molecule has 0 heterocycles. The van der Waals surface area contributed by atoms with Crippen LogP contribution >= 0.6 is 0 Å². The quantitative estimate of drug-likeness (QED) is 0.759. The van der Waals surface area contributed by atoms with Crippen LogP contribution in [-0.2, 0) is 9.53 Å². The first-order chi connectivity index (χ1) is 12.1. The molecule has 2 aromatic carbocycles. The third-order valence-corrected chi connectivity index (χ3v) is 3.34. The van der Waals surface area contributed by atoms with Crippen LogP contribution in [-0.4, -0.2) is 30.9 Å². The molecule has 0 radical (unpaired) electrons. The number of hydrogen-bond donors (Lipinski definition) is 2. The van der Waals surface area contributed by atoms with Crippen molar-refractivity contribution in [3.63, 3.8) is 0 Å². The van der Waals surface area contributed by atoms with Crippen LogP contribution in [0.2, 0.25) is 0 Å². The molecule has 0 aromatic heterocycles. The van der Waals surface area contributed by atoms with Crippen molar-refractivity contribution < 1.29 is 19.1 Å². The molecule has 6 nitrogen and oxygen atoms in total. The highest BCUT2D eigenvalue weighted by Gasteiger charge is 2.16. The Morgan fingerprint density at radius 1 is 0.960 bits per heavy atom. The molecule has 130 valence electrons. The lowest BCUT2D eigenvalue weighted by atomic mass is 10.1. The average Bonchev–Trinajstić information content (AvgIpc) is 2.65. The average molecular weight is 340 g/mol. The SMILES string of the molecule is CCCNC(=O)COC(=O)c1ccccc1NC(=O)c1ccccc1. The molecule has 0 saturated carbocycles. The number of para-hydroxylation sites is 1. The predicted molar refractivity (Wildman–Crippen MR) is 94.4 cm³/mol. The van der Waals surface area contributed by atoms with Crippen molar-refractivity contribution in [2.45, 2.75) is 13.3 Å². The van der Waals surface area contributed by atoms with Gasteiger partial charge in [0.1, 0.15) is 0 Å². The maximum atomic E-state index is 12.2. The maximum Gasteiger partial charge on any atom is 0.340 e. The summed E-state index contributed by atoms with van der Waals surface area (Å²) < 4.78 is 5.01. The summed E-state index contributed by atoms with van der Waals surface area (Å²) in [7, 11) is 0. The summed E-state index contributed by atoms with van der Waals surface area (Å²) >= 11 is 0. The second-order valence-electron chi connectivity index (χ2n) is 5.29. The Balaban J connectivity index is 2.03. The lowest BCUT2D eigenvalue weighted by Gasteiger charge is -2.11. The zero-order chi connectivity index (χ0) is 18.1. The Hall–Kier alpha value is -3.15. The third-order valence-electron chi connectivity index (χ3n) is 3.34. The van der Waals surface area contributed by atoms with Gasteiger partial charge in [-0.2, -0.15) is 0 Å². The van der Waals surface area contributed by atoms with E-state index in [2.05, 4.69) is 10.6 Å². The van der Waals surface area contributed by atoms with Gasteiger partial charge < -0.3 is 15.4 Å². The Kier molecular flexibility index (Phi) is 6.71. The van der Waals surface area contributed by atoms with E-state index in [1.54, 1.807) is 42.5 Å². The van der Waals surface area contributed by atoms with Gasteiger partial charge in [0, 0.05) is 12.1 Å². The summed E-state index contributed by atoms with van der Waals surface area (Å²) in [6, 6.07) is 15.2. The number of amides is 2. The molecule has 0 fully saturated rings. The summed E-state index contributed by atoms with van der Waals surface area (Å²) in [6.45, 7) is 2.10. The zero-order valence-corrected chi connectivity index (χ0v) is 14.0. The van der Waals surface area contributed by atoms with E-state index in [9.17, 15) is 14.4 Å². The van der Waals surface area contributed by atoms with Gasteiger partial charge in [0.15, 0.2) is 6.61 Å². The lowest BCUT2D eigenvalue weighted by Crippen LogP contribution is -2.29. The molecule has 0 atom stereocenters. The predicted octanol–water partition coefficient (Wildman–Crippen LogP) is 2.62. The van der Waals surface area contributed by atoms with E-state index in [0.717, 1.165) is 6.42 Å². The second kappa shape index (κ2) is 9.22. The maximum absolute atomic E-state index is 12.2. The van der Waals surface area contributed by atoms with Gasteiger partial charge in [-0.3, -0.25) is 9.59 Å². The second-order valence-corrected chi connectivity index (χ2v) is 5.29. The summed E-state index contributed by atoms with van der Waals surface area (Å²) in [4.78, 5) is 36.0. The highest BCUT2D eigenvalue weighted by Crippen LogP contribution is 2.17. The number of nitrogens with one attached hydrogen (secondary N) is 2. The van der Waals surface area contributed by atoms with Crippen LogP contribution in [0.15, 0.2) is 54.6 Å². The molecule has 6 heteroatoms. The lowest BCUT2D eigenvalue weighted by molar-refractivity contribution is -0.124. The molecule has 0 aliphatic carbocycles. The molecule has 0 aliphatic heterocycles. The van der Waals surface area contributed by atoms with Crippen molar-refractivity contribution in [2.75, 3.05) is 18.5 Å². The van der Waals surface area contributed by atoms with Crippen molar-refractivity contribution in [1.82, 2.24) is 5.32 Å². The first-order valence-corrected chi connectivity index (χ1v) is 8.01. The molecule has 2 aromatic rings. The first-order valence-electron chi connectivity index (χ1n) is 8.01. The van der Waals surface area contributed by atoms with Crippen LogP contribution in [0.3, 0.4) is 0 Å². The number of anilines is 1. The van der Waals surface area contributed by atoms with Gasteiger partial charge in [0.25, 0.3) is 11.8 Å². The van der Waals surface area contributed by atoms with Gasteiger partial charge in [-0.25, -0.2) is 4.79 Å². The monoisotopic (exact) mass is 340 g/mol. The first kappa shape index (κ1) is 18.2. The normalized spacial score (nSPS) is 9.96. The molecular formula is C19H20N2O4. The Bertz CT molecular complexity index is 744. The van der Waals surface area contributed by atoms with E-state index in [-0.39, 0.29) is 24.0 Å². The van der Waals surface area contributed by atoms with Crippen molar-refractivity contribution in [2.24, 2.45) is 0 Å². The fraction of sp³-hybridized carbons (Fsp3) is 0.211. The minimum absolute atomic E-state index is 0.190. The highest BCUT2D eigenvalue weighted by atomic mass is 16.5. The summed E-state index contributed by atoms with van der Waals surface area (Å²) in [6.07, 6.45) is 0.800. The van der Waals surface area contributed by atoms with Gasteiger partial charge in [-0.05, 0) is 30.7 Å². The summed E-state index contributed by atoms with van der Waals surface area (Å²) in [5.41, 5.74) is 0.995. The van der Waals surface area contributed by atoms with E-state index in [1.807, 2.05) is 13.0 Å². The minimum Gasteiger partial charge on any atom is -0.452 e. The van der Waals surface area contributed by atoms with Gasteiger partial charge in [0.2, 0.25) is 0 Å². The molecule has 0 bridgehead atoms. The molecule has 2 N–H and O–H groups in total. The van der Waals surface area contributed by atoms with Gasteiger partial charge >= 0.3 is 5.97 Å². The number of carbonyl (C=O) groups excluding carboxylic acids is 3. The van der Waals surface area contributed by atoms with Gasteiger partial charge in [-0.15, -0.1) is 0 Å². The molecule has 0 saturated heterocycles. The van der Waals surface area contributed by atoms with E-state index < -0.39 is 5.97 Å². The topological polar surface area (TPSA) is 84.5 Å². The molecule has 25 heavy (non-hydrogen) atoms. The van der Waals surface area contributed by atoms with Crippen molar-refractivity contribution in [3.8, 4) is 0 Å². The number of hydrogen-bond acceptors (Lipinski definition) is 4. The Morgan fingerprint density at radius 3 is 2.36 bits per heavy atom. The summed E-state index contributed by atoms with van der Waals surface area (Å²) in [5, 5.41) is 5.31. The van der Waals surface area contributed by atoms with Crippen LogP contribution < -0.4 is 10.6 Å². The molecule has 0 aliphatic rings.